The normalized spacial score (nSPS) is 14.6. The zero-order chi connectivity index (χ0) is 19.7. The standard InChI is InChI=1S/C22H25N3O2S/c1-16-14-17(2)21-19(15-16)28-25(22(21)27)9-8-20(26)24-12-10-23(11-13-24)18-6-4-3-5-7-18/h3-7,14-15H,8-13H2,1-2H3. The van der Waals surface area contributed by atoms with Crippen LogP contribution < -0.4 is 10.5 Å². The van der Waals surface area contributed by atoms with E-state index in [0.717, 1.165) is 47.4 Å². The van der Waals surface area contributed by atoms with Gasteiger partial charge < -0.3 is 9.80 Å². The van der Waals surface area contributed by atoms with Gasteiger partial charge in [0.25, 0.3) is 5.56 Å². The third-order valence-corrected chi connectivity index (χ3v) is 6.46. The van der Waals surface area contributed by atoms with Gasteiger partial charge in [0.1, 0.15) is 0 Å². The molecular formula is C22H25N3O2S. The molecule has 28 heavy (non-hydrogen) atoms. The number of rotatable bonds is 4. The van der Waals surface area contributed by atoms with E-state index in [1.165, 1.54) is 17.2 Å². The molecule has 0 N–H and O–H groups in total. The zero-order valence-electron chi connectivity index (χ0n) is 16.4. The van der Waals surface area contributed by atoms with E-state index in [4.69, 9.17) is 0 Å². The lowest BCUT2D eigenvalue weighted by atomic mass is 10.1. The second-order valence-electron chi connectivity index (χ2n) is 7.41. The van der Waals surface area contributed by atoms with E-state index in [-0.39, 0.29) is 11.5 Å². The minimum atomic E-state index is 0.0270. The number of hydrogen-bond acceptors (Lipinski definition) is 4. The van der Waals surface area contributed by atoms with Gasteiger partial charge in [-0.1, -0.05) is 35.8 Å². The molecule has 1 aromatic heterocycles. The number of amides is 1. The first-order chi connectivity index (χ1) is 13.5. The van der Waals surface area contributed by atoms with E-state index in [9.17, 15) is 9.59 Å². The van der Waals surface area contributed by atoms with E-state index >= 15 is 0 Å². The summed E-state index contributed by atoms with van der Waals surface area (Å²) in [6, 6.07) is 14.4. The van der Waals surface area contributed by atoms with Crippen LogP contribution in [0.3, 0.4) is 0 Å². The molecule has 0 bridgehead atoms. The van der Waals surface area contributed by atoms with Crippen LogP contribution in [-0.4, -0.2) is 40.9 Å². The number of piperazine rings is 1. The topological polar surface area (TPSA) is 45.6 Å². The van der Waals surface area contributed by atoms with Crippen molar-refractivity contribution in [3.8, 4) is 0 Å². The highest BCUT2D eigenvalue weighted by molar-refractivity contribution is 7.13. The van der Waals surface area contributed by atoms with Crippen LogP contribution >= 0.6 is 11.5 Å². The van der Waals surface area contributed by atoms with E-state index in [2.05, 4.69) is 23.1 Å². The molecule has 0 aliphatic carbocycles. The summed E-state index contributed by atoms with van der Waals surface area (Å²) in [7, 11) is 0. The Kier molecular flexibility index (Phi) is 5.22. The van der Waals surface area contributed by atoms with E-state index in [1.54, 1.807) is 3.96 Å². The van der Waals surface area contributed by atoms with Crippen molar-refractivity contribution in [2.75, 3.05) is 31.1 Å². The number of fused-ring (bicyclic) bond motifs is 1. The summed E-state index contributed by atoms with van der Waals surface area (Å²) in [5.41, 5.74) is 3.40. The maximum absolute atomic E-state index is 12.7. The van der Waals surface area contributed by atoms with E-state index in [0.29, 0.717) is 13.0 Å². The summed E-state index contributed by atoms with van der Waals surface area (Å²) in [6.45, 7) is 7.62. The van der Waals surface area contributed by atoms with Crippen molar-refractivity contribution in [2.24, 2.45) is 0 Å². The monoisotopic (exact) mass is 395 g/mol. The number of hydrogen-bond donors (Lipinski definition) is 0. The molecule has 1 fully saturated rings. The highest BCUT2D eigenvalue weighted by Crippen LogP contribution is 2.22. The van der Waals surface area contributed by atoms with Gasteiger partial charge in [-0.15, -0.1) is 0 Å². The third-order valence-electron chi connectivity index (χ3n) is 5.38. The molecule has 2 heterocycles. The first-order valence-corrected chi connectivity index (χ1v) is 10.5. The molecular weight excluding hydrogens is 370 g/mol. The molecule has 3 aromatic rings. The van der Waals surface area contributed by atoms with Crippen molar-refractivity contribution in [1.29, 1.82) is 0 Å². The van der Waals surface area contributed by atoms with Gasteiger partial charge >= 0.3 is 0 Å². The molecule has 4 rings (SSSR count). The first kappa shape index (κ1) is 18.7. The predicted molar refractivity (Wildman–Crippen MR) is 115 cm³/mol. The molecule has 2 aromatic carbocycles. The summed E-state index contributed by atoms with van der Waals surface area (Å²) in [5.74, 6) is 0.130. The molecule has 5 nitrogen and oxygen atoms in total. The van der Waals surface area contributed by atoms with Crippen LogP contribution in [0.5, 0.6) is 0 Å². The van der Waals surface area contributed by atoms with Crippen LogP contribution in [0.25, 0.3) is 10.1 Å². The lowest BCUT2D eigenvalue weighted by Crippen LogP contribution is -2.49. The average molecular weight is 396 g/mol. The highest BCUT2D eigenvalue weighted by atomic mass is 32.1. The van der Waals surface area contributed by atoms with Crippen LogP contribution in [0.15, 0.2) is 47.3 Å². The van der Waals surface area contributed by atoms with Crippen LogP contribution in [0.2, 0.25) is 0 Å². The largest absolute Gasteiger partial charge is 0.368 e. The van der Waals surface area contributed by atoms with Gasteiger partial charge in [0.15, 0.2) is 0 Å². The smallest absolute Gasteiger partial charge is 0.268 e. The van der Waals surface area contributed by atoms with Gasteiger partial charge in [0, 0.05) is 44.8 Å². The zero-order valence-corrected chi connectivity index (χ0v) is 17.2. The van der Waals surface area contributed by atoms with Crippen molar-refractivity contribution < 1.29 is 4.79 Å². The second-order valence-corrected chi connectivity index (χ2v) is 8.47. The number of aryl methyl sites for hydroxylation is 3. The van der Waals surface area contributed by atoms with E-state index in [1.807, 2.05) is 43.0 Å². The average Bonchev–Trinajstić information content (AvgIpc) is 3.02. The minimum Gasteiger partial charge on any atom is -0.368 e. The first-order valence-electron chi connectivity index (χ1n) is 9.72. The minimum absolute atomic E-state index is 0.0270. The quantitative estimate of drug-likeness (QED) is 0.680. The number of anilines is 1. The van der Waals surface area contributed by atoms with E-state index < -0.39 is 0 Å². The van der Waals surface area contributed by atoms with Gasteiger partial charge in [-0.05, 0) is 43.2 Å². The molecule has 0 spiro atoms. The summed E-state index contributed by atoms with van der Waals surface area (Å²) < 4.78 is 2.74. The highest BCUT2D eigenvalue weighted by Gasteiger charge is 2.21. The van der Waals surface area contributed by atoms with Gasteiger partial charge in [0.05, 0.1) is 10.1 Å². The maximum atomic E-state index is 12.7. The summed E-state index contributed by atoms with van der Waals surface area (Å²) >= 11 is 1.46. The van der Waals surface area contributed by atoms with Crippen molar-refractivity contribution in [2.45, 2.75) is 26.8 Å². The molecule has 0 saturated carbocycles. The molecule has 1 amide bonds. The second kappa shape index (κ2) is 7.80. The Morgan fingerprint density at radius 2 is 1.75 bits per heavy atom. The fourth-order valence-corrected chi connectivity index (χ4v) is 5.09. The molecule has 0 atom stereocenters. The lowest BCUT2D eigenvalue weighted by Gasteiger charge is -2.36. The van der Waals surface area contributed by atoms with Crippen LogP contribution in [-0.2, 0) is 11.3 Å². The summed E-state index contributed by atoms with van der Waals surface area (Å²) in [6.07, 6.45) is 0.371. The van der Waals surface area contributed by atoms with Crippen molar-refractivity contribution >= 4 is 33.2 Å². The Balaban J connectivity index is 1.38. The summed E-state index contributed by atoms with van der Waals surface area (Å²) in [5, 5.41) is 0.791. The summed E-state index contributed by atoms with van der Waals surface area (Å²) in [4.78, 5) is 29.6. The fraction of sp³-hybridized carbons (Fsp3) is 0.364. The Bertz CT molecular complexity index is 1050. The van der Waals surface area contributed by atoms with Crippen molar-refractivity contribution in [3.63, 3.8) is 0 Å². The number of carbonyl (C=O) groups is 1. The molecule has 1 aliphatic heterocycles. The third kappa shape index (κ3) is 3.69. The number of nitrogens with zero attached hydrogens (tertiary/aromatic N) is 3. The predicted octanol–water partition coefficient (Wildman–Crippen LogP) is 3.42. The molecule has 146 valence electrons. The molecule has 1 saturated heterocycles. The molecule has 6 heteroatoms. The maximum Gasteiger partial charge on any atom is 0.268 e. The van der Waals surface area contributed by atoms with Crippen LogP contribution in [0.4, 0.5) is 5.69 Å². The van der Waals surface area contributed by atoms with Crippen LogP contribution in [0, 0.1) is 13.8 Å². The Hall–Kier alpha value is -2.60. The van der Waals surface area contributed by atoms with Crippen LogP contribution in [0.1, 0.15) is 17.5 Å². The Morgan fingerprint density at radius 3 is 2.46 bits per heavy atom. The van der Waals surface area contributed by atoms with Gasteiger partial charge in [-0.2, -0.15) is 0 Å². The lowest BCUT2D eigenvalue weighted by molar-refractivity contribution is -0.131. The Morgan fingerprint density at radius 1 is 1.04 bits per heavy atom. The molecule has 0 unspecified atom stereocenters. The SMILES string of the molecule is Cc1cc(C)c2c(=O)n(CCC(=O)N3CCN(c4ccccc4)CC3)sc2c1. The fourth-order valence-electron chi connectivity index (χ4n) is 3.91. The Labute approximate surface area is 169 Å². The van der Waals surface area contributed by atoms with Gasteiger partial charge in [-0.25, -0.2) is 0 Å². The molecule has 0 radical (unpaired) electrons. The number of benzene rings is 2. The van der Waals surface area contributed by atoms with Gasteiger partial charge in [-0.3, -0.25) is 13.5 Å². The van der Waals surface area contributed by atoms with Gasteiger partial charge in [0.2, 0.25) is 5.91 Å². The number of carbonyl (C=O) groups excluding carboxylic acids is 1. The number of para-hydroxylation sites is 1. The van der Waals surface area contributed by atoms with Crippen molar-refractivity contribution in [1.82, 2.24) is 8.86 Å². The number of aromatic nitrogens is 1. The van der Waals surface area contributed by atoms with Crippen molar-refractivity contribution in [3.05, 3.63) is 63.9 Å². The molecule has 1 aliphatic rings.